The molecule has 0 radical (unpaired) electrons. The van der Waals surface area contributed by atoms with Crippen molar-refractivity contribution < 1.29 is 13.5 Å². The average molecular weight is 469 g/mol. The van der Waals surface area contributed by atoms with Crippen LogP contribution in [0.5, 0.6) is 0 Å². The zero-order chi connectivity index (χ0) is 23.8. The van der Waals surface area contributed by atoms with E-state index in [4.69, 9.17) is 9.72 Å². The summed E-state index contributed by atoms with van der Waals surface area (Å²) in [6, 6.07) is 4.44. The lowest BCUT2D eigenvalue weighted by Gasteiger charge is -2.40. The van der Waals surface area contributed by atoms with Crippen molar-refractivity contribution in [3.63, 3.8) is 0 Å². The van der Waals surface area contributed by atoms with Gasteiger partial charge in [-0.3, -0.25) is 4.98 Å². The summed E-state index contributed by atoms with van der Waals surface area (Å²) >= 11 is 0. The number of benzene rings is 1. The predicted molar refractivity (Wildman–Crippen MR) is 131 cm³/mol. The molecule has 1 atom stereocenters. The maximum absolute atomic E-state index is 15.1. The van der Waals surface area contributed by atoms with Gasteiger partial charge in [-0.15, -0.1) is 0 Å². The summed E-state index contributed by atoms with van der Waals surface area (Å²) in [6.45, 7) is 9.61. The van der Waals surface area contributed by atoms with E-state index in [9.17, 15) is 4.39 Å². The second-order valence-electron chi connectivity index (χ2n) is 9.18. The summed E-state index contributed by atoms with van der Waals surface area (Å²) in [6.07, 6.45) is 3.54. The molecule has 1 N–H and O–H groups in total. The van der Waals surface area contributed by atoms with E-state index in [0.29, 0.717) is 24.4 Å². The Morgan fingerprint density at radius 3 is 2.62 bits per heavy atom. The van der Waals surface area contributed by atoms with Crippen molar-refractivity contribution in [2.24, 2.45) is 0 Å². The van der Waals surface area contributed by atoms with Crippen LogP contribution < -0.4 is 15.1 Å². The van der Waals surface area contributed by atoms with Crippen molar-refractivity contribution in [3.05, 3.63) is 47.8 Å². The Labute approximate surface area is 198 Å². The van der Waals surface area contributed by atoms with Crippen LogP contribution in [0.1, 0.15) is 12.5 Å². The first-order chi connectivity index (χ1) is 16.4. The van der Waals surface area contributed by atoms with E-state index in [0.717, 1.165) is 61.5 Å². The van der Waals surface area contributed by atoms with Gasteiger partial charge in [-0.2, -0.15) is 0 Å². The Kier molecular flexibility index (Phi) is 6.22. The number of likely N-dealkylation sites (N-methyl/N-ethyl adjacent to an activating group) is 1. The fourth-order valence-corrected chi connectivity index (χ4v) is 4.92. The average Bonchev–Trinajstić information content (AvgIpc) is 2.81. The number of nitrogens with zero attached hydrogens (tertiary/aromatic N) is 5. The fourth-order valence-electron chi connectivity index (χ4n) is 4.92. The van der Waals surface area contributed by atoms with Gasteiger partial charge in [-0.25, -0.2) is 13.8 Å². The van der Waals surface area contributed by atoms with E-state index < -0.39 is 11.6 Å². The van der Waals surface area contributed by atoms with Crippen LogP contribution in [-0.2, 0) is 4.74 Å². The minimum atomic E-state index is -0.638. The first-order valence-electron chi connectivity index (χ1n) is 11.7. The highest BCUT2D eigenvalue weighted by atomic mass is 19.1. The number of anilines is 4. The van der Waals surface area contributed by atoms with Gasteiger partial charge >= 0.3 is 0 Å². The molecule has 2 saturated heterocycles. The van der Waals surface area contributed by atoms with E-state index in [1.165, 1.54) is 6.07 Å². The second kappa shape index (κ2) is 9.31. The zero-order valence-electron chi connectivity index (χ0n) is 19.8. The highest BCUT2D eigenvalue weighted by Gasteiger charge is 2.27. The number of morpholine rings is 1. The molecule has 4 heterocycles. The van der Waals surface area contributed by atoms with Gasteiger partial charge in [0, 0.05) is 56.5 Å². The maximum Gasteiger partial charge on any atom is 0.137 e. The van der Waals surface area contributed by atoms with Gasteiger partial charge in [0.15, 0.2) is 0 Å². The molecule has 0 amide bonds. The third kappa shape index (κ3) is 4.37. The molecular formula is C25H30F2N6O. The first-order valence-corrected chi connectivity index (χ1v) is 11.7. The Balaban J connectivity index is 1.59. The molecule has 9 heteroatoms. The van der Waals surface area contributed by atoms with Gasteiger partial charge < -0.3 is 24.8 Å². The predicted octanol–water partition coefficient (Wildman–Crippen LogP) is 3.94. The molecule has 7 nitrogen and oxygen atoms in total. The van der Waals surface area contributed by atoms with Crippen LogP contribution in [0.3, 0.4) is 0 Å². The number of pyridine rings is 2. The van der Waals surface area contributed by atoms with E-state index in [2.05, 4.69) is 39.0 Å². The first kappa shape index (κ1) is 22.7. The molecule has 5 rings (SSSR count). The maximum atomic E-state index is 15.1. The molecule has 34 heavy (non-hydrogen) atoms. The minimum Gasteiger partial charge on any atom is -0.378 e. The van der Waals surface area contributed by atoms with Gasteiger partial charge in [0.1, 0.15) is 17.5 Å². The smallest absolute Gasteiger partial charge is 0.137 e. The molecule has 0 unspecified atom stereocenters. The highest BCUT2D eigenvalue weighted by molar-refractivity contribution is 5.97. The van der Waals surface area contributed by atoms with E-state index >= 15 is 4.39 Å². The number of rotatable bonds is 4. The number of ether oxygens (including phenoxy) is 1. The lowest BCUT2D eigenvalue weighted by atomic mass is 10.1. The van der Waals surface area contributed by atoms with Crippen molar-refractivity contribution in [1.29, 1.82) is 0 Å². The van der Waals surface area contributed by atoms with Crippen molar-refractivity contribution in [2.75, 3.05) is 68.1 Å². The molecule has 2 fully saturated rings. The van der Waals surface area contributed by atoms with Crippen LogP contribution in [0, 0.1) is 18.6 Å². The number of aromatic nitrogens is 2. The third-order valence-electron chi connectivity index (χ3n) is 6.69. The largest absolute Gasteiger partial charge is 0.378 e. The van der Waals surface area contributed by atoms with Crippen LogP contribution in [0.15, 0.2) is 30.6 Å². The number of hydrogen-bond donors (Lipinski definition) is 1. The van der Waals surface area contributed by atoms with Gasteiger partial charge in [0.05, 0.1) is 53.6 Å². The van der Waals surface area contributed by atoms with E-state index in [-0.39, 0.29) is 11.4 Å². The molecule has 2 aliphatic heterocycles. The normalized spacial score (nSPS) is 19.6. The molecule has 3 aromatic rings. The summed E-state index contributed by atoms with van der Waals surface area (Å²) < 4.78 is 34.7. The number of halogens is 2. The van der Waals surface area contributed by atoms with Crippen molar-refractivity contribution >= 4 is 33.8 Å². The topological polar surface area (TPSA) is 56.8 Å². The number of fused-ring (bicyclic) bond motifs is 1. The molecule has 2 aliphatic rings. The molecule has 180 valence electrons. The number of nitrogens with one attached hydrogen (secondary N) is 1. The molecule has 0 aliphatic carbocycles. The summed E-state index contributed by atoms with van der Waals surface area (Å²) in [7, 11) is 2.10. The Bertz CT molecular complexity index is 1200. The van der Waals surface area contributed by atoms with E-state index in [1.807, 2.05) is 19.2 Å². The number of hydrogen-bond acceptors (Lipinski definition) is 7. The van der Waals surface area contributed by atoms with Crippen molar-refractivity contribution in [3.8, 4) is 0 Å². The van der Waals surface area contributed by atoms with Gasteiger partial charge in [-0.05, 0) is 27.0 Å². The van der Waals surface area contributed by atoms with Gasteiger partial charge in [-0.1, -0.05) is 0 Å². The molecule has 0 bridgehead atoms. The highest BCUT2D eigenvalue weighted by Crippen LogP contribution is 2.38. The molecule has 1 aromatic carbocycles. The zero-order valence-corrected chi connectivity index (χ0v) is 19.8. The quantitative estimate of drug-likeness (QED) is 0.623. The van der Waals surface area contributed by atoms with Crippen LogP contribution in [0.25, 0.3) is 10.9 Å². The summed E-state index contributed by atoms with van der Waals surface area (Å²) in [4.78, 5) is 15.9. The third-order valence-corrected chi connectivity index (χ3v) is 6.69. The summed E-state index contributed by atoms with van der Waals surface area (Å²) in [5, 5.41) is 3.68. The Morgan fingerprint density at radius 2 is 1.85 bits per heavy atom. The Morgan fingerprint density at radius 1 is 1.06 bits per heavy atom. The molecule has 2 aromatic heterocycles. The van der Waals surface area contributed by atoms with Crippen molar-refractivity contribution in [1.82, 2.24) is 14.9 Å². The van der Waals surface area contributed by atoms with Crippen LogP contribution in [-0.4, -0.2) is 73.9 Å². The van der Waals surface area contributed by atoms with E-state index in [1.54, 1.807) is 6.20 Å². The van der Waals surface area contributed by atoms with Crippen LogP contribution >= 0.6 is 0 Å². The standard InChI is InChI=1S/C25H30F2N6O/c1-16-15-31(3)4-5-33(16)25-17(2)24(23-21(27)10-18(26)11-22(23)30-25)29-19-12-20(14-28-13-19)32-6-8-34-9-7-32/h10-14,16H,4-9,15H2,1-3H3,(H,29,30)/t16-/m1/s1. The lowest BCUT2D eigenvalue weighted by Crippen LogP contribution is -2.51. The minimum absolute atomic E-state index is 0.222. The van der Waals surface area contributed by atoms with Crippen LogP contribution in [0.2, 0.25) is 0 Å². The monoisotopic (exact) mass is 468 g/mol. The second-order valence-corrected chi connectivity index (χ2v) is 9.18. The fraction of sp³-hybridized carbons (Fsp3) is 0.440. The number of piperazine rings is 1. The van der Waals surface area contributed by atoms with Crippen molar-refractivity contribution in [2.45, 2.75) is 19.9 Å². The van der Waals surface area contributed by atoms with Gasteiger partial charge in [0.25, 0.3) is 0 Å². The summed E-state index contributed by atoms with van der Waals surface area (Å²) in [5.41, 5.74) is 3.42. The molecule has 0 spiro atoms. The van der Waals surface area contributed by atoms with Gasteiger partial charge in [0.2, 0.25) is 0 Å². The summed E-state index contributed by atoms with van der Waals surface area (Å²) in [5.74, 6) is -0.526. The lowest BCUT2D eigenvalue weighted by molar-refractivity contribution is 0.122. The molecule has 0 saturated carbocycles. The Hall–Kier alpha value is -3.04. The SMILES string of the molecule is Cc1c(N2CCN(C)C[C@H]2C)nc2cc(F)cc(F)c2c1Nc1cncc(N2CCOCC2)c1. The van der Waals surface area contributed by atoms with Crippen LogP contribution in [0.4, 0.5) is 31.7 Å². The molecular weight excluding hydrogens is 438 g/mol.